The molecule has 1 saturated carbocycles. The number of aromatic nitrogens is 1. The summed E-state index contributed by atoms with van der Waals surface area (Å²) >= 11 is 0. The third-order valence-electron chi connectivity index (χ3n) is 3.28. The van der Waals surface area contributed by atoms with Gasteiger partial charge in [0.05, 0.1) is 11.6 Å². The van der Waals surface area contributed by atoms with E-state index in [1.165, 1.54) is 12.8 Å². The van der Waals surface area contributed by atoms with Crippen LogP contribution in [0.4, 0.5) is 0 Å². The smallest absolute Gasteiger partial charge is 0.0813 e. The van der Waals surface area contributed by atoms with E-state index in [9.17, 15) is 5.11 Å². The summed E-state index contributed by atoms with van der Waals surface area (Å²) in [6, 6.07) is 9.99. The van der Waals surface area contributed by atoms with Gasteiger partial charge in [0.1, 0.15) is 0 Å². The largest absolute Gasteiger partial charge is 0.388 e. The minimum Gasteiger partial charge on any atom is -0.388 e. The molecule has 82 valence electrons. The van der Waals surface area contributed by atoms with Gasteiger partial charge in [0.25, 0.3) is 0 Å². The lowest BCUT2D eigenvalue weighted by atomic mass is 10.0. The minimum atomic E-state index is -0.355. The Morgan fingerprint density at radius 2 is 2.06 bits per heavy atom. The molecule has 3 rings (SSSR count). The molecule has 0 aliphatic heterocycles. The molecule has 0 bridgehead atoms. The second-order valence-electron chi connectivity index (χ2n) is 4.62. The van der Waals surface area contributed by atoms with Crippen LogP contribution in [-0.4, -0.2) is 10.1 Å². The number of aliphatic hydroxyl groups excluding tert-OH is 1. The van der Waals surface area contributed by atoms with Crippen LogP contribution in [0.15, 0.2) is 36.5 Å². The molecule has 0 spiro atoms. The van der Waals surface area contributed by atoms with Crippen LogP contribution in [0.1, 0.15) is 30.9 Å². The number of para-hydroxylation sites is 1. The third-order valence-corrected chi connectivity index (χ3v) is 3.28. The Morgan fingerprint density at radius 3 is 2.88 bits per heavy atom. The maximum atomic E-state index is 10.2. The van der Waals surface area contributed by atoms with Crippen molar-refractivity contribution in [3.63, 3.8) is 0 Å². The summed E-state index contributed by atoms with van der Waals surface area (Å²) in [6.07, 6.45) is 4.86. The Labute approximate surface area is 94.9 Å². The van der Waals surface area contributed by atoms with Crippen molar-refractivity contribution in [2.24, 2.45) is 5.92 Å². The molecule has 2 aromatic rings. The summed E-state index contributed by atoms with van der Waals surface area (Å²) in [5, 5.41) is 11.3. The molecule has 1 aliphatic rings. The van der Waals surface area contributed by atoms with Crippen LogP contribution < -0.4 is 0 Å². The summed E-state index contributed by atoms with van der Waals surface area (Å²) in [7, 11) is 0. The van der Waals surface area contributed by atoms with Crippen LogP contribution >= 0.6 is 0 Å². The first kappa shape index (κ1) is 9.79. The summed E-state index contributed by atoms with van der Waals surface area (Å²) < 4.78 is 0. The van der Waals surface area contributed by atoms with E-state index in [2.05, 4.69) is 4.98 Å². The maximum Gasteiger partial charge on any atom is 0.0813 e. The van der Waals surface area contributed by atoms with Crippen molar-refractivity contribution in [3.8, 4) is 0 Å². The molecule has 0 amide bonds. The predicted octanol–water partition coefficient (Wildman–Crippen LogP) is 3.07. The van der Waals surface area contributed by atoms with Gasteiger partial charge >= 0.3 is 0 Å². The Bertz CT molecular complexity index is 500. The van der Waals surface area contributed by atoms with Crippen molar-refractivity contribution in [1.82, 2.24) is 4.98 Å². The quantitative estimate of drug-likeness (QED) is 0.850. The monoisotopic (exact) mass is 213 g/mol. The van der Waals surface area contributed by atoms with E-state index in [1.807, 2.05) is 30.3 Å². The van der Waals surface area contributed by atoms with Crippen LogP contribution in [-0.2, 0) is 0 Å². The zero-order valence-corrected chi connectivity index (χ0v) is 9.13. The van der Waals surface area contributed by atoms with Gasteiger partial charge in [-0.3, -0.25) is 4.98 Å². The molecule has 1 fully saturated rings. The van der Waals surface area contributed by atoms with Crippen LogP contribution in [0.2, 0.25) is 0 Å². The number of nitrogens with zero attached hydrogens (tertiary/aromatic N) is 1. The summed E-state index contributed by atoms with van der Waals surface area (Å²) in [4.78, 5) is 4.37. The standard InChI is InChI=1S/C14H15NO/c16-13(9-10-6-7-10)12-5-1-3-11-4-2-8-15-14(11)12/h1-5,8,10,13,16H,6-7,9H2. The Morgan fingerprint density at radius 1 is 1.25 bits per heavy atom. The van der Waals surface area contributed by atoms with Gasteiger partial charge in [-0.15, -0.1) is 0 Å². The second kappa shape index (κ2) is 3.87. The molecule has 0 radical (unpaired) electrons. The van der Waals surface area contributed by atoms with E-state index in [4.69, 9.17) is 0 Å². The highest BCUT2D eigenvalue weighted by Crippen LogP contribution is 2.38. The molecule has 1 aromatic carbocycles. The van der Waals surface area contributed by atoms with Crippen molar-refractivity contribution < 1.29 is 5.11 Å². The molecular weight excluding hydrogens is 198 g/mol. The molecule has 1 heterocycles. The van der Waals surface area contributed by atoms with Crippen LogP contribution in [0.25, 0.3) is 10.9 Å². The van der Waals surface area contributed by atoms with Crippen LogP contribution in [0, 0.1) is 5.92 Å². The Kier molecular flexibility index (Phi) is 2.37. The van der Waals surface area contributed by atoms with Crippen molar-refractivity contribution in [3.05, 3.63) is 42.1 Å². The molecule has 2 nitrogen and oxygen atoms in total. The van der Waals surface area contributed by atoms with Crippen molar-refractivity contribution in [1.29, 1.82) is 0 Å². The number of rotatable bonds is 3. The normalized spacial score (nSPS) is 17.6. The molecule has 2 heteroatoms. The molecule has 1 atom stereocenters. The zero-order valence-electron chi connectivity index (χ0n) is 9.13. The van der Waals surface area contributed by atoms with E-state index in [1.54, 1.807) is 6.20 Å². The van der Waals surface area contributed by atoms with E-state index in [-0.39, 0.29) is 6.10 Å². The van der Waals surface area contributed by atoms with Crippen molar-refractivity contribution in [2.45, 2.75) is 25.4 Å². The molecule has 0 saturated heterocycles. The highest BCUT2D eigenvalue weighted by atomic mass is 16.3. The summed E-state index contributed by atoms with van der Waals surface area (Å²) in [5.74, 6) is 0.731. The average Bonchev–Trinajstić information content (AvgIpc) is 3.12. The van der Waals surface area contributed by atoms with Gasteiger partial charge in [-0.2, -0.15) is 0 Å². The second-order valence-corrected chi connectivity index (χ2v) is 4.62. The van der Waals surface area contributed by atoms with Gasteiger partial charge in [-0.1, -0.05) is 37.1 Å². The first-order valence-corrected chi connectivity index (χ1v) is 5.86. The van der Waals surface area contributed by atoms with E-state index in [0.29, 0.717) is 0 Å². The number of benzene rings is 1. The molecule has 1 N–H and O–H groups in total. The lowest BCUT2D eigenvalue weighted by Crippen LogP contribution is -2.00. The van der Waals surface area contributed by atoms with E-state index >= 15 is 0 Å². The first-order chi connectivity index (χ1) is 7.84. The predicted molar refractivity (Wildman–Crippen MR) is 64.0 cm³/mol. The maximum absolute atomic E-state index is 10.2. The number of hydrogen-bond acceptors (Lipinski definition) is 2. The van der Waals surface area contributed by atoms with Crippen LogP contribution in [0.5, 0.6) is 0 Å². The fourth-order valence-electron chi connectivity index (χ4n) is 2.19. The number of hydrogen-bond donors (Lipinski definition) is 1. The van der Waals surface area contributed by atoms with E-state index < -0.39 is 0 Å². The number of fused-ring (bicyclic) bond motifs is 1. The minimum absolute atomic E-state index is 0.355. The average molecular weight is 213 g/mol. The van der Waals surface area contributed by atoms with Gasteiger partial charge in [0.2, 0.25) is 0 Å². The zero-order chi connectivity index (χ0) is 11.0. The number of pyridine rings is 1. The summed E-state index contributed by atoms with van der Waals surface area (Å²) in [5.41, 5.74) is 1.92. The Hall–Kier alpha value is -1.41. The highest BCUT2D eigenvalue weighted by Gasteiger charge is 2.25. The Balaban J connectivity index is 2.00. The highest BCUT2D eigenvalue weighted by molar-refractivity contribution is 5.81. The molecular formula is C14H15NO. The third kappa shape index (κ3) is 1.81. The fraction of sp³-hybridized carbons (Fsp3) is 0.357. The van der Waals surface area contributed by atoms with Crippen LogP contribution in [0.3, 0.4) is 0 Å². The first-order valence-electron chi connectivity index (χ1n) is 5.86. The molecule has 1 aliphatic carbocycles. The lowest BCUT2D eigenvalue weighted by molar-refractivity contribution is 0.161. The van der Waals surface area contributed by atoms with Gasteiger partial charge in [-0.05, 0) is 18.4 Å². The lowest BCUT2D eigenvalue weighted by Gasteiger charge is -2.12. The van der Waals surface area contributed by atoms with Gasteiger partial charge in [0, 0.05) is 17.1 Å². The van der Waals surface area contributed by atoms with Crippen molar-refractivity contribution >= 4 is 10.9 Å². The topological polar surface area (TPSA) is 33.1 Å². The SMILES string of the molecule is OC(CC1CC1)c1cccc2cccnc12. The molecule has 1 unspecified atom stereocenters. The van der Waals surface area contributed by atoms with Gasteiger partial charge in [0.15, 0.2) is 0 Å². The molecule has 1 aromatic heterocycles. The van der Waals surface area contributed by atoms with Gasteiger partial charge in [-0.25, -0.2) is 0 Å². The number of aliphatic hydroxyl groups is 1. The molecule has 16 heavy (non-hydrogen) atoms. The van der Waals surface area contributed by atoms with E-state index in [0.717, 1.165) is 28.8 Å². The summed E-state index contributed by atoms with van der Waals surface area (Å²) in [6.45, 7) is 0. The van der Waals surface area contributed by atoms with Gasteiger partial charge < -0.3 is 5.11 Å². The van der Waals surface area contributed by atoms with Crippen molar-refractivity contribution in [2.75, 3.05) is 0 Å². The fourth-order valence-corrected chi connectivity index (χ4v) is 2.19.